The maximum absolute atomic E-state index is 11.3. The van der Waals surface area contributed by atoms with E-state index in [-0.39, 0.29) is 34.7 Å². The summed E-state index contributed by atoms with van der Waals surface area (Å²) in [4.78, 5) is 10.8. The lowest BCUT2D eigenvalue weighted by atomic mass is 10.2. The minimum Gasteiger partial charge on any atom is -0.487 e. The third-order valence-corrected chi connectivity index (χ3v) is 3.43. The van der Waals surface area contributed by atoms with Gasteiger partial charge in [-0.15, -0.1) is 12.6 Å². The fourth-order valence-electron chi connectivity index (χ4n) is 2.10. The highest BCUT2D eigenvalue weighted by Gasteiger charge is 2.21. The maximum atomic E-state index is 11.3. The van der Waals surface area contributed by atoms with Crippen LogP contribution in [0.2, 0.25) is 0 Å². The molecule has 1 heterocycles. The van der Waals surface area contributed by atoms with Crippen LogP contribution in [0.25, 0.3) is 0 Å². The molecule has 0 radical (unpaired) electrons. The Morgan fingerprint density at radius 2 is 1.42 bits per heavy atom. The minimum atomic E-state index is -0.537. The Labute approximate surface area is 161 Å². The number of thiocarbonyl (C=S) groups is 1. The highest BCUT2D eigenvalue weighted by atomic mass is 32.1. The highest BCUT2D eigenvalue weighted by Crippen LogP contribution is 2.38. The molecule has 0 aliphatic carbocycles. The second-order valence-corrected chi connectivity index (χ2v) is 6.20. The van der Waals surface area contributed by atoms with Gasteiger partial charge in [0.2, 0.25) is 0 Å². The smallest absolute Gasteiger partial charge is 0.296 e. The number of ether oxygens (including phenoxy) is 5. The van der Waals surface area contributed by atoms with Crippen molar-refractivity contribution < 1.29 is 28.6 Å². The molecule has 1 aromatic rings. The Morgan fingerprint density at radius 1 is 0.962 bits per heavy atom. The molecule has 0 bridgehead atoms. The summed E-state index contributed by atoms with van der Waals surface area (Å²) >= 11 is 8.81. The maximum Gasteiger partial charge on any atom is 0.296 e. The zero-order valence-electron chi connectivity index (χ0n) is 14.0. The summed E-state index contributed by atoms with van der Waals surface area (Å²) in [6.07, 6.45) is 0. The molecule has 0 atom stereocenters. The zero-order chi connectivity index (χ0) is 18.8. The van der Waals surface area contributed by atoms with Gasteiger partial charge >= 0.3 is 0 Å². The first-order valence-corrected chi connectivity index (χ1v) is 8.74. The molecule has 144 valence electrons. The number of nitro groups is 1. The number of rotatable bonds is 2. The third-order valence-electron chi connectivity index (χ3n) is 3.21. The van der Waals surface area contributed by atoms with Crippen molar-refractivity contribution >= 4 is 40.5 Å². The van der Waals surface area contributed by atoms with Crippen molar-refractivity contribution in [2.24, 2.45) is 0 Å². The van der Waals surface area contributed by atoms with Crippen LogP contribution in [0.4, 0.5) is 11.4 Å². The summed E-state index contributed by atoms with van der Waals surface area (Å²) in [7, 11) is 0. The molecule has 26 heavy (non-hydrogen) atoms. The number of nitro benzene ring substituents is 1. The van der Waals surface area contributed by atoms with Gasteiger partial charge in [0, 0.05) is 6.07 Å². The quantitative estimate of drug-likeness (QED) is 0.332. The van der Waals surface area contributed by atoms with E-state index in [0.29, 0.717) is 45.4 Å². The molecule has 0 spiro atoms. The fraction of sp³-hybridized carbons (Fsp3) is 0.533. The van der Waals surface area contributed by atoms with Crippen LogP contribution in [0.3, 0.4) is 0 Å². The van der Waals surface area contributed by atoms with Crippen molar-refractivity contribution in [1.82, 2.24) is 0 Å². The third kappa shape index (κ3) is 6.92. The van der Waals surface area contributed by atoms with Gasteiger partial charge in [-0.2, -0.15) is 0 Å². The van der Waals surface area contributed by atoms with E-state index >= 15 is 0 Å². The van der Waals surface area contributed by atoms with E-state index in [1.54, 1.807) is 0 Å². The first-order chi connectivity index (χ1) is 12.6. The molecule has 11 heteroatoms. The van der Waals surface area contributed by atoms with Crippen LogP contribution in [-0.4, -0.2) is 62.1 Å². The molecule has 0 aromatic heterocycles. The summed E-state index contributed by atoms with van der Waals surface area (Å²) in [5.74, 6) is 0.569. The van der Waals surface area contributed by atoms with Crippen molar-refractivity contribution in [3.63, 3.8) is 0 Å². The number of hydrogen-bond donors (Lipinski definition) is 2. The van der Waals surface area contributed by atoms with Gasteiger partial charge < -0.3 is 29.0 Å². The van der Waals surface area contributed by atoms with Crippen LogP contribution in [0.1, 0.15) is 0 Å². The number of nitrogens with one attached hydrogen (secondary N) is 1. The van der Waals surface area contributed by atoms with Crippen LogP contribution in [0.15, 0.2) is 12.1 Å². The second kappa shape index (κ2) is 11.1. The molecule has 0 fully saturated rings. The van der Waals surface area contributed by atoms with Gasteiger partial charge in [-0.1, -0.05) is 12.2 Å². The van der Waals surface area contributed by atoms with Crippen molar-refractivity contribution in [2.75, 3.05) is 58.2 Å². The summed E-state index contributed by atoms with van der Waals surface area (Å²) in [5.41, 5.74) is -0.0342. The summed E-state index contributed by atoms with van der Waals surface area (Å²) < 4.78 is 27.5. The van der Waals surface area contributed by atoms with E-state index in [4.69, 9.17) is 35.9 Å². The second-order valence-electron chi connectivity index (χ2n) is 5.04. The van der Waals surface area contributed by atoms with Gasteiger partial charge in [0.1, 0.15) is 23.2 Å². The highest BCUT2D eigenvalue weighted by molar-refractivity contribution is 8.11. The molecule has 1 aliphatic rings. The number of benzene rings is 1. The number of hydrogen-bond acceptors (Lipinski definition) is 8. The topological polar surface area (TPSA) is 101 Å². The Balaban J connectivity index is 2.21. The molecule has 1 aliphatic heterocycles. The van der Waals surface area contributed by atoms with E-state index < -0.39 is 4.92 Å². The van der Waals surface area contributed by atoms with Crippen LogP contribution in [0, 0.1) is 10.1 Å². The Hall–Kier alpha value is -1.66. The standard InChI is InChI=1S/C15H20N2O7S2/c18-17(19)12-10-14-13(9-11(12)16-15(25)26)23-7-5-21-3-1-20-2-4-22-6-8-24-14/h9-10H,1-8H2,(H2,16,25,26). The molecular weight excluding hydrogens is 384 g/mol. The molecule has 2 rings (SSSR count). The Bertz CT molecular complexity index is 630. The molecule has 1 aromatic carbocycles. The lowest BCUT2D eigenvalue weighted by Crippen LogP contribution is -2.13. The van der Waals surface area contributed by atoms with Crippen molar-refractivity contribution in [3.05, 3.63) is 22.2 Å². The molecule has 1 N–H and O–H groups in total. The normalized spacial score (nSPS) is 16.8. The van der Waals surface area contributed by atoms with Gasteiger partial charge in [-0.05, 0) is 0 Å². The molecule has 0 amide bonds. The van der Waals surface area contributed by atoms with Crippen LogP contribution >= 0.6 is 24.8 Å². The number of fused-ring (bicyclic) bond motifs is 1. The van der Waals surface area contributed by atoms with Gasteiger partial charge in [0.15, 0.2) is 11.5 Å². The van der Waals surface area contributed by atoms with E-state index in [1.165, 1.54) is 12.1 Å². The largest absolute Gasteiger partial charge is 0.487 e. The van der Waals surface area contributed by atoms with E-state index in [0.717, 1.165) is 0 Å². The monoisotopic (exact) mass is 404 g/mol. The van der Waals surface area contributed by atoms with Gasteiger partial charge in [0.05, 0.1) is 50.6 Å². The van der Waals surface area contributed by atoms with Crippen molar-refractivity contribution in [2.45, 2.75) is 0 Å². The summed E-state index contributed by atoms with van der Waals surface area (Å²) in [6.45, 7) is 2.90. The van der Waals surface area contributed by atoms with Gasteiger partial charge in [-0.3, -0.25) is 10.1 Å². The van der Waals surface area contributed by atoms with Gasteiger partial charge in [-0.25, -0.2) is 0 Å². The number of thiol groups is 1. The van der Waals surface area contributed by atoms with Crippen LogP contribution < -0.4 is 14.8 Å². The molecule has 0 saturated carbocycles. The van der Waals surface area contributed by atoms with Crippen LogP contribution in [-0.2, 0) is 14.2 Å². The first-order valence-electron chi connectivity index (χ1n) is 7.89. The van der Waals surface area contributed by atoms with E-state index in [9.17, 15) is 10.1 Å². The number of anilines is 1. The SMILES string of the molecule is O=[N+]([O-])c1cc2c(cc1NC(=S)S)OCCOCCOCCOCCO2. The van der Waals surface area contributed by atoms with Crippen LogP contribution in [0.5, 0.6) is 11.5 Å². The molecule has 0 unspecified atom stereocenters. The molecule has 0 saturated heterocycles. The molecule has 9 nitrogen and oxygen atoms in total. The van der Waals surface area contributed by atoms with Gasteiger partial charge in [0.25, 0.3) is 5.69 Å². The average molecular weight is 404 g/mol. The average Bonchev–Trinajstić information content (AvgIpc) is 2.59. The Morgan fingerprint density at radius 3 is 1.88 bits per heavy atom. The Kier molecular flexibility index (Phi) is 8.85. The molecular formula is C15H20N2O7S2. The van der Waals surface area contributed by atoms with Crippen molar-refractivity contribution in [1.29, 1.82) is 0 Å². The predicted molar refractivity (Wildman–Crippen MR) is 102 cm³/mol. The van der Waals surface area contributed by atoms with E-state index in [1.807, 2.05) is 0 Å². The number of nitrogens with zero attached hydrogens (tertiary/aromatic N) is 1. The van der Waals surface area contributed by atoms with E-state index in [2.05, 4.69) is 17.9 Å². The summed E-state index contributed by atoms with van der Waals surface area (Å²) in [6, 6.07) is 2.74. The van der Waals surface area contributed by atoms with Crippen molar-refractivity contribution in [3.8, 4) is 11.5 Å². The zero-order valence-corrected chi connectivity index (χ0v) is 15.7. The lowest BCUT2D eigenvalue weighted by Gasteiger charge is -2.15. The predicted octanol–water partition coefficient (Wildman–Crippen LogP) is 2.04. The minimum absolute atomic E-state index is 0.0999. The fourth-order valence-corrected chi connectivity index (χ4v) is 2.33. The lowest BCUT2D eigenvalue weighted by molar-refractivity contribution is -0.384. The summed E-state index contributed by atoms with van der Waals surface area (Å²) in [5, 5.41) is 14.0. The first kappa shape index (κ1) is 20.6.